The number of benzene rings is 1. The number of ether oxygens (including phenoxy) is 2. The lowest BCUT2D eigenvalue weighted by Gasteiger charge is -2.00. The molecule has 78 valence electrons. The van der Waals surface area contributed by atoms with E-state index in [0.717, 1.165) is 5.56 Å². The van der Waals surface area contributed by atoms with Gasteiger partial charge in [-0.1, -0.05) is 18.2 Å². The minimum atomic E-state index is -0.523. The molecule has 4 nitrogen and oxygen atoms in total. The lowest BCUT2D eigenvalue weighted by Crippen LogP contribution is -2.21. The van der Waals surface area contributed by atoms with Crippen LogP contribution in [-0.2, 0) is 14.3 Å². The summed E-state index contributed by atoms with van der Waals surface area (Å²) in [6.07, 6.45) is 0. The molecule has 1 heterocycles. The van der Waals surface area contributed by atoms with E-state index in [9.17, 15) is 4.79 Å². The molecule has 0 aliphatic carbocycles. The fourth-order valence-electron chi connectivity index (χ4n) is 1.37. The molecule has 15 heavy (non-hydrogen) atoms. The zero-order valence-electron chi connectivity index (χ0n) is 8.34. The Morgan fingerprint density at radius 3 is 2.87 bits per heavy atom. The van der Waals surface area contributed by atoms with Gasteiger partial charge in [0.15, 0.2) is 6.04 Å². The number of carbonyl (C=O) groups excluding carboxylic acids is 1. The molecule has 0 N–H and O–H groups in total. The standard InChI is InChI=1S/C11H11NO3/c1-14-11(13)9-7-15-10(12-9)8-5-3-2-4-6-8/h2-6,9H,7H2,1H3/t9-/m1/s1. The highest BCUT2D eigenvalue weighted by Gasteiger charge is 2.26. The third-order valence-electron chi connectivity index (χ3n) is 2.15. The second kappa shape index (κ2) is 4.13. The topological polar surface area (TPSA) is 47.9 Å². The number of nitrogens with zero attached hydrogens (tertiary/aromatic N) is 1. The number of carbonyl (C=O) groups is 1. The first-order chi connectivity index (χ1) is 7.31. The molecule has 1 aromatic carbocycles. The highest BCUT2D eigenvalue weighted by molar-refractivity contribution is 5.97. The lowest BCUT2D eigenvalue weighted by atomic mass is 10.2. The zero-order chi connectivity index (χ0) is 10.7. The SMILES string of the molecule is COC(=O)[C@H]1COC(c2ccccc2)=N1. The van der Waals surface area contributed by atoms with Crippen molar-refractivity contribution in [3.05, 3.63) is 35.9 Å². The van der Waals surface area contributed by atoms with E-state index >= 15 is 0 Å². The van der Waals surface area contributed by atoms with Crippen LogP contribution in [0.2, 0.25) is 0 Å². The number of rotatable bonds is 2. The van der Waals surface area contributed by atoms with Crippen LogP contribution in [-0.4, -0.2) is 31.6 Å². The summed E-state index contributed by atoms with van der Waals surface area (Å²) in [6, 6.07) is 8.96. The Hall–Kier alpha value is -1.84. The fourth-order valence-corrected chi connectivity index (χ4v) is 1.37. The summed E-state index contributed by atoms with van der Waals surface area (Å²) in [7, 11) is 1.35. The third-order valence-corrected chi connectivity index (χ3v) is 2.15. The van der Waals surface area contributed by atoms with Crippen molar-refractivity contribution in [2.45, 2.75) is 6.04 Å². The van der Waals surface area contributed by atoms with Crippen LogP contribution in [0.1, 0.15) is 5.56 Å². The lowest BCUT2D eigenvalue weighted by molar-refractivity contribution is -0.142. The predicted molar refractivity (Wildman–Crippen MR) is 54.7 cm³/mol. The molecule has 0 radical (unpaired) electrons. The van der Waals surface area contributed by atoms with Crippen molar-refractivity contribution >= 4 is 11.9 Å². The Morgan fingerprint density at radius 1 is 1.47 bits per heavy atom. The summed E-state index contributed by atoms with van der Waals surface area (Å²) < 4.78 is 9.92. The van der Waals surface area contributed by atoms with Gasteiger partial charge in [0.25, 0.3) is 0 Å². The minimum absolute atomic E-state index is 0.261. The molecule has 0 saturated heterocycles. The van der Waals surface area contributed by atoms with E-state index in [0.29, 0.717) is 5.90 Å². The van der Waals surface area contributed by atoms with Gasteiger partial charge in [0.2, 0.25) is 5.90 Å². The van der Waals surface area contributed by atoms with E-state index in [1.54, 1.807) is 0 Å². The summed E-state index contributed by atoms with van der Waals surface area (Å²) in [5, 5.41) is 0. The first kappa shape index (κ1) is 9.71. The van der Waals surface area contributed by atoms with E-state index < -0.39 is 6.04 Å². The molecule has 0 amide bonds. The summed E-state index contributed by atoms with van der Waals surface area (Å²) in [5.41, 5.74) is 0.879. The Balaban J connectivity index is 2.17. The highest BCUT2D eigenvalue weighted by atomic mass is 16.5. The van der Waals surface area contributed by atoms with Crippen LogP contribution in [0.5, 0.6) is 0 Å². The second-order valence-electron chi connectivity index (χ2n) is 3.15. The number of methoxy groups -OCH3 is 1. The van der Waals surface area contributed by atoms with Gasteiger partial charge in [-0.3, -0.25) is 0 Å². The molecule has 4 heteroatoms. The Kier molecular flexibility index (Phi) is 2.67. The van der Waals surface area contributed by atoms with Gasteiger partial charge in [0.1, 0.15) is 6.61 Å². The Morgan fingerprint density at radius 2 is 2.20 bits per heavy atom. The largest absolute Gasteiger partial charge is 0.475 e. The second-order valence-corrected chi connectivity index (χ2v) is 3.15. The minimum Gasteiger partial charge on any atom is -0.475 e. The van der Waals surface area contributed by atoms with E-state index in [-0.39, 0.29) is 12.6 Å². The molecule has 0 bridgehead atoms. The average molecular weight is 205 g/mol. The van der Waals surface area contributed by atoms with Crippen molar-refractivity contribution < 1.29 is 14.3 Å². The van der Waals surface area contributed by atoms with Crippen LogP contribution in [0, 0.1) is 0 Å². The fraction of sp³-hybridized carbons (Fsp3) is 0.273. The van der Waals surface area contributed by atoms with Crippen LogP contribution in [0.15, 0.2) is 35.3 Å². The number of hydrogen-bond donors (Lipinski definition) is 0. The molecule has 0 fully saturated rings. The van der Waals surface area contributed by atoms with Gasteiger partial charge in [-0.25, -0.2) is 9.79 Å². The molecule has 0 aromatic heterocycles. The molecule has 1 aliphatic rings. The maximum atomic E-state index is 11.2. The van der Waals surface area contributed by atoms with Crippen molar-refractivity contribution in [3.63, 3.8) is 0 Å². The molecule has 1 aromatic rings. The van der Waals surface area contributed by atoms with Crippen molar-refractivity contribution in [1.29, 1.82) is 0 Å². The van der Waals surface area contributed by atoms with Crippen LogP contribution in [0.25, 0.3) is 0 Å². The molecule has 1 atom stereocenters. The predicted octanol–water partition coefficient (Wildman–Crippen LogP) is 1.00. The quantitative estimate of drug-likeness (QED) is 0.677. The van der Waals surface area contributed by atoms with Crippen molar-refractivity contribution in [1.82, 2.24) is 0 Å². The van der Waals surface area contributed by atoms with Crippen LogP contribution >= 0.6 is 0 Å². The summed E-state index contributed by atoms with van der Waals surface area (Å²) in [4.78, 5) is 15.3. The number of esters is 1. The number of aliphatic imine (C=N–C) groups is 1. The van der Waals surface area contributed by atoms with Gasteiger partial charge < -0.3 is 9.47 Å². The third kappa shape index (κ3) is 1.98. The molecule has 0 saturated carbocycles. The van der Waals surface area contributed by atoms with Crippen molar-refractivity contribution in [3.8, 4) is 0 Å². The van der Waals surface area contributed by atoms with Crippen LogP contribution in [0.4, 0.5) is 0 Å². The van der Waals surface area contributed by atoms with Gasteiger partial charge in [-0.05, 0) is 12.1 Å². The molecule has 0 spiro atoms. The van der Waals surface area contributed by atoms with Crippen molar-refractivity contribution in [2.75, 3.05) is 13.7 Å². The molecular formula is C11H11NO3. The molecule has 1 aliphatic heterocycles. The monoisotopic (exact) mass is 205 g/mol. The average Bonchev–Trinajstić information content (AvgIpc) is 2.78. The molecule has 0 unspecified atom stereocenters. The summed E-state index contributed by atoms with van der Waals surface area (Å²) in [5.74, 6) is 0.145. The van der Waals surface area contributed by atoms with E-state index in [1.807, 2.05) is 30.3 Å². The van der Waals surface area contributed by atoms with Gasteiger partial charge in [-0.2, -0.15) is 0 Å². The summed E-state index contributed by atoms with van der Waals surface area (Å²) >= 11 is 0. The van der Waals surface area contributed by atoms with Gasteiger partial charge in [-0.15, -0.1) is 0 Å². The first-order valence-corrected chi connectivity index (χ1v) is 4.65. The number of hydrogen-bond acceptors (Lipinski definition) is 4. The Bertz CT molecular complexity index is 386. The normalized spacial score (nSPS) is 19.3. The van der Waals surface area contributed by atoms with E-state index in [2.05, 4.69) is 9.73 Å². The first-order valence-electron chi connectivity index (χ1n) is 4.65. The Labute approximate surface area is 87.5 Å². The van der Waals surface area contributed by atoms with Crippen LogP contribution < -0.4 is 0 Å². The maximum absolute atomic E-state index is 11.2. The van der Waals surface area contributed by atoms with Crippen LogP contribution in [0.3, 0.4) is 0 Å². The van der Waals surface area contributed by atoms with Gasteiger partial charge >= 0.3 is 5.97 Å². The van der Waals surface area contributed by atoms with E-state index in [1.165, 1.54) is 7.11 Å². The maximum Gasteiger partial charge on any atom is 0.334 e. The highest BCUT2D eigenvalue weighted by Crippen LogP contribution is 2.12. The van der Waals surface area contributed by atoms with Gasteiger partial charge in [0, 0.05) is 5.56 Å². The molecular weight excluding hydrogens is 194 g/mol. The van der Waals surface area contributed by atoms with Gasteiger partial charge in [0.05, 0.1) is 7.11 Å². The van der Waals surface area contributed by atoms with E-state index in [4.69, 9.17) is 4.74 Å². The smallest absolute Gasteiger partial charge is 0.334 e. The van der Waals surface area contributed by atoms with Crippen molar-refractivity contribution in [2.24, 2.45) is 4.99 Å². The zero-order valence-corrected chi connectivity index (χ0v) is 8.34. The molecule has 2 rings (SSSR count). The summed E-state index contributed by atoms with van der Waals surface area (Å²) in [6.45, 7) is 0.261.